The van der Waals surface area contributed by atoms with Crippen molar-refractivity contribution in [2.24, 2.45) is 11.8 Å². The number of nitrogens with zero attached hydrogens (tertiary/aromatic N) is 3. The maximum absolute atomic E-state index is 13.0. The molecule has 29 heavy (non-hydrogen) atoms. The van der Waals surface area contributed by atoms with Gasteiger partial charge in [-0.15, -0.1) is 28.3 Å². The zero-order chi connectivity index (χ0) is 19.8. The van der Waals surface area contributed by atoms with E-state index in [1.807, 2.05) is 0 Å². The van der Waals surface area contributed by atoms with Gasteiger partial charge in [-0.25, -0.2) is 0 Å². The summed E-state index contributed by atoms with van der Waals surface area (Å²) in [5.74, 6) is 0.788. The third-order valence-corrected chi connectivity index (χ3v) is 7.05. The van der Waals surface area contributed by atoms with E-state index in [4.69, 9.17) is 5.41 Å². The Labute approximate surface area is 182 Å². The summed E-state index contributed by atoms with van der Waals surface area (Å²) in [6, 6.07) is 6.25. The van der Waals surface area contributed by atoms with Crippen LogP contribution in [0.2, 0.25) is 0 Å². The molecule has 0 aliphatic heterocycles. The predicted molar refractivity (Wildman–Crippen MR) is 113 cm³/mol. The zero-order valence-corrected chi connectivity index (χ0v) is 18.2. The lowest BCUT2D eigenvalue weighted by Gasteiger charge is -2.35. The Hall–Kier alpha value is -2.31. The normalized spacial score (nSPS) is 21.1. The van der Waals surface area contributed by atoms with Crippen LogP contribution in [0.15, 0.2) is 24.3 Å². The molecule has 4 rings (SSSR count). The van der Waals surface area contributed by atoms with Gasteiger partial charge in [0.15, 0.2) is 16.6 Å². The summed E-state index contributed by atoms with van der Waals surface area (Å²) < 4.78 is 1.59. The number of thiazole rings is 1. The van der Waals surface area contributed by atoms with E-state index in [0.29, 0.717) is 11.8 Å². The van der Waals surface area contributed by atoms with Crippen molar-refractivity contribution >= 4 is 39.8 Å². The predicted octanol–water partition coefficient (Wildman–Crippen LogP) is 4.37. The Balaban J connectivity index is 0.00000240. The number of non-ortho nitro benzene ring substituents is 1. The van der Waals surface area contributed by atoms with E-state index in [1.54, 1.807) is 4.57 Å². The van der Waals surface area contributed by atoms with Gasteiger partial charge in [0.25, 0.3) is 5.69 Å². The van der Waals surface area contributed by atoms with E-state index in [0.717, 1.165) is 23.4 Å². The van der Waals surface area contributed by atoms with Gasteiger partial charge in [0, 0.05) is 28.3 Å². The number of ketones is 1. The number of nitro benzene ring substituents is 1. The Morgan fingerprint density at radius 2 is 1.86 bits per heavy atom. The first-order valence-electron chi connectivity index (χ1n) is 9.45. The molecule has 2 aliphatic carbocycles. The number of carbonyl (C=O) groups excluding carboxylic acids is 1. The van der Waals surface area contributed by atoms with Crippen molar-refractivity contribution in [3.05, 3.63) is 55.3 Å². The number of nitro groups is 1. The van der Waals surface area contributed by atoms with Crippen LogP contribution in [0, 0.1) is 38.7 Å². The highest BCUT2D eigenvalue weighted by molar-refractivity contribution is 8.93. The molecule has 2 aliphatic rings. The lowest BCUT2D eigenvalue weighted by Crippen LogP contribution is -2.32. The van der Waals surface area contributed by atoms with Gasteiger partial charge >= 0.3 is 0 Å². The fourth-order valence-corrected chi connectivity index (χ4v) is 5.72. The highest BCUT2D eigenvalue weighted by Gasteiger charge is 2.36. The maximum atomic E-state index is 13.0. The molecular formula is C20H21BrN4O3S. The Morgan fingerprint density at radius 3 is 2.45 bits per heavy atom. The Bertz CT molecular complexity index is 1040. The summed E-state index contributed by atoms with van der Waals surface area (Å²) in [5.41, 5.74) is 1.10. The molecule has 3 atom stereocenters. The molecule has 1 fully saturated rings. The largest absolute Gasteiger partial charge is 0.297 e. The summed E-state index contributed by atoms with van der Waals surface area (Å²) >= 11 is 1.37. The number of fused-ring (bicyclic) bond motifs is 2. The second-order valence-corrected chi connectivity index (χ2v) is 8.64. The molecule has 3 unspecified atom stereocenters. The number of aromatic nitrogens is 1. The van der Waals surface area contributed by atoms with Crippen molar-refractivity contribution in [1.29, 1.82) is 10.7 Å². The summed E-state index contributed by atoms with van der Waals surface area (Å²) in [4.78, 5) is 24.6. The molecule has 1 heterocycles. The number of benzene rings is 1. The van der Waals surface area contributed by atoms with Crippen molar-refractivity contribution in [1.82, 2.24) is 4.57 Å². The highest BCUT2D eigenvalue weighted by Crippen LogP contribution is 2.41. The van der Waals surface area contributed by atoms with Crippen LogP contribution < -0.4 is 4.80 Å². The van der Waals surface area contributed by atoms with Crippen LogP contribution in [0.3, 0.4) is 0 Å². The monoisotopic (exact) mass is 476 g/mol. The van der Waals surface area contributed by atoms with Crippen LogP contribution in [0.1, 0.15) is 52.7 Å². The third-order valence-electron chi connectivity index (χ3n) is 6.01. The van der Waals surface area contributed by atoms with Gasteiger partial charge in [-0.3, -0.25) is 24.9 Å². The van der Waals surface area contributed by atoms with Crippen molar-refractivity contribution < 1.29 is 9.72 Å². The summed E-state index contributed by atoms with van der Waals surface area (Å²) in [7, 11) is 0. The van der Waals surface area contributed by atoms with E-state index >= 15 is 0 Å². The molecule has 0 bridgehead atoms. The Morgan fingerprint density at radius 1 is 1.24 bits per heavy atom. The van der Waals surface area contributed by atoms with Crippen LogP contribution in [0.4, 0.5) is 5.69 Å². The average molecular weight is 477 g/mol. The zero-order valence-electron chi connectivity index (χ0n) is 15.7. The highest BCUT2D eigenvalue weighted by atomic mass is 79.9. The lowest BCUT2D eigenvalue weighted by molar-refractivity contribution is -0.384. The van der Waals surface area contributed by atoms with Gasteiger partial charge in [0.1, 0.15) is 0 Å². The Kier molecular flexibility index (Phi) is 6.34. The minimum atomic E-state index is -1.12. The van der Waals surface area contributed by atoms with E-state index in [-0.39, 0.29) is 33.0 Å². The van der Waals surface area contributed by atoms with E-state index in [1.165, 1.54) is 61.3 Å². The SMILES string of the molecule is Br.N#CC(C(=O)c1ccc([N+](=O)[O-])cc1)n1c2c(sc1=N)CC1CCCCC1C2. The van der Waals surface area contributed by atoms with Gasteiger partial charge in [0.2, 0.25) is 0 Å². The van der Waals surface area contributed by atoms with Crippen LogP contribution in [0.25, 0.3) is 0 Å². The number of rotatable bonds is 4. The quantitative estimate of drug-likeness (QED) is 0.400. The molecule has 7 nitrogen and oxygen atoms in total. The van der Waals surface area contributed by atoms with Crippen molar-refractivity contribution in [2.75, 3.05) is 0 Å². The van der Waals surface area contributed by atoms with Gasteiger partial charge in [0.05, 0.1) is 11.0 Å². The van der Waals surface area contributed by atoms with Crippen LogP contribution in [0.5, 0.6) is 0 Å². The van der Waals surface area contributed by atoms with Crippen molar-refractivity contribution in [2.45, 2.75) is 44.6 Å². The van der Waals surface area contributed by atoms with Gasteiger partial charge in [-0.05, 0) is 49.7 Å². The topological polar surface area (TPSA) is 113 Å². The molecule has 1 saturated carbocycles. The summed E-state index contributed by atoms with van der Waals surface area (Å²) in [5, 5.41) is 29.0. The van der Waals surface area contributed by atoms with E-state index < -0.39 is 16.7 Å². The molecule has 0 radical (unpaired) electrons. The molecule has 152 valence electrons. The van der Waals surface area contributed by atoms with Gasteiger partial charge in [-0.2, -0.15) is 5.26 Å². The summed E-state index contributed by atoms with van der Waals surface area (Å²) in [6.07, 6.45) is 6.63. The van der Waals surface area contributed by atoms with Gasteiger partial charge < -0.3 is 0 Å². The summed E-state index contributed by atoms with van der Waals surface area (Å²) in [6.45, 7) is 0. The molecule has 1 N–H and O–H groups in total. The van der Waals surface area contributed by atoms with Crippen LogP contribution in [-0.4, -0.2) is 15.3 Å². The van der Waals surface area contributed by atoms with Gasteiger partial charge in [-0.1, -0.05) is 12.8 Å². The fourth-order valence-electron chi connectivity index (χ4n) is 4.57. The average Bonchev–Trinajstić information content (AvgIpc) is 3.01. The van der Waals surface area contributed by atoms with Crippen LogP contribution >= 0.6 is 28.3 Å². The number of Topliss-reactive ketones (excluding diaryl/α,β-unsaturated/α-hetero) is 1. The van der Waals surface area contributed by atoms with Crippen molar-refractivity contribution in [3.8, 4) is 6.07 Å². The first kappa shape index (κ1) is 21.4. The second-order valence-electron chi connectivity index (χ2n) is 7.56. The lowest BCUT2D eigenvalue weighted by atomic mass is 9.72. The van der Waals surface area contributed by atoms with E-state index in [9.17, 15) is 20.2 Å². The second kappa shape index (κ2) is 8.59. The smallest absolute Gasteiger partial charge is 0.269 e. The van der Waals surface area contributed by atoms with Crippen molar-refractivity contribution in [3.63, 3.8) is 0 Å². The number of halogens is 1. The molecule has 0 spiro atoms. The first-order valence-corrected chi connectivity index (χ1v) is 10.3. The number of nitriles is 1. The first-order chi connectivity index (χ1) is 13.5. The number of hydrogen-bond acceptors (Lipinski definition) is 6. The number of hydrogen-bond donors (Lipinski definition) is 1. The molecule has 1 aromatic heterocycles. The molecule has 0 amide bonds. The maximum Gasteiger partial charge on any atom is 0.269 e. The third kappa shape index (κ3) is 3.91. The minimum absolute atomic E-state index is 0. The van der Waals surface area contributed by atoms with E-state index in [2.05, 4.69) is 6.07 Å². The molecule has 9 heteroatoms. The standard InChI is InChI=1S/C20H20N4O3S.BrH/c21-11-17(19(25)12-5-7-15(8-6-12)24(26)27)23-16-9-13-3-1-2-4-14(13)10-18(16)28-20(23)22;/h5-8,13-14,17,22H,1-4,9-10H2;1H. The fraction of sp³-hybridized carbons (Fsp3) is 0.450. The molecule has 0 saturated heterocycles. The molecule has 2 aromatic rings. The number of nitrogens with one attached hydrogen (secondary N) is 1. The molecular weight excluding hydrogens is 456 g/mol. The molecule has 1 aromatic carbocycles. The van der Waals surface area contributed by atoms with Crippen LogP contribution in [-0.2, 0) is 12.8 Å². The minimum Gasteiger partial charge on any atom is -0.297 e. The number of carbonyl (C=O) groups is 1.